The molecule has 1 heterocycles. The number of nitrogens with zero attached hydrogens (tertiary/aromatic N) is 2. The number of hydrogen-bond donors (Lipinski definition) is 3. The third-order valence-corrected chi connectivity index (χ3v) is 3.67. The summed E-state index contributed by atoms with van der Waals surface area (Å²) in [6.45, 7) is 1.17. The number of nitrogens with one attached hydrogen (secondary N) is 2. The molecule has 0 spiro atoms. The van der Waals surface area contributed by atoms with Crippen LogP contribution in [0.1, 0.15) is 0 Å². The van der Waals surface area contributed by atoms with Gasteiger partial charge in [0, 0.05) is 11.9 Å². The molecule has 0 saturated heterocycles. The first-order valence-electron chi connectivity index (χ1n) is 8.06. The Morgan fingerprint density at radius 3 is 2.76 bits per heavy atom. The highest BCUT2D eigenvalue weighted by molar-refractivity contribution is 5.93. The molecule has 4 N–H and O–H groups in total. The lowest BCUT2D eigenvalue weighted by molar-refractivity contribution is 0.417. The highest BCUT2D eigenvalue weighted by atomic mass is 16.5. The maximum atomic E-state index is 5.92. The number of aromatic nitrogens is 1. The highest BCUT2D eigenvalue weighted by Crippen LogP contribution is 2.22. The summed E-state index contributed by atoms with van der Waals surface area (Å²) in [6.07, 6.45) is 0. The van der Waals surface area contributed by atoms with E-state index < -0.39 is 0 Å². The predicted molar refractivity (Wildman–Crippen MR) is 103 cm³/mol. The minimum absolute atomic E-state index is 0.345. The van der Waals surface area contributed by atoms with Gasteiger partial charge in [-0.05, 0) is 30.3 Å². The molecule has 3 rings (SSSR count). The van der Waals surface area contributed by atoms with Crippen LogP contribution in [0.3, 0.4) is 0 Å². The van der Waals surface area contributed by atoms with Crippen LogP contribution in [0.2, 0.25) is 0 Å². The van der Waals surface area contributed by atoms with Gasteiger partial charge < -0.3 is 21.1 Å². The zero-order chi connectivity index (χ0) is 17.5. The normalized spacial score (nSPS) is 11.3. The Kier molecular flexibility index (Phi) is 5.31. The summed E-state index contributed by atoms with van der Waals surface area (Å²) < 4.78 is 5.27. The molecule has 0 bridgehead atoms. The fourth-order valence-electron chi connectivity index (χ4n) is 2.45. The van der Waals surface area contributed by atoms with Gasteiger partial charge in [-0.1, -0.05) is 30.3 Å². The van der Waals surface area contributed by atoms with Crippen LogP contribution in [0.4, 0.5) is 11.5 Å². The fraction of sp³-hybridized carbons (Fsp3) is 0.158. The SMILES string of the molecule is COc1ccccc1NC(N)=NCCNc1ccc2ccccc2n1. The van der Waals surface area contributed by atoms with Crippen molar-refractivity contribution in [1.82, 2.24) is 4.98 Å². The molecule has 0 amide bonds. The zero-order valence-corrected chi connectivity index (χ0v) is 14.1. The number of benzene rings is 2. The zero-order valence-electron chi connectivity index (χ0n) is 14.1. The van der Waals surface area contributed by atoms with Gasteiger partial charge in [0.25, 0.3) is 0 Å². The van der Waals surface area contributed by atoms with E-state index in [-0.39, 0.29) is 0 Å². The molecule has 0 aliphatic carbocycles. The lowest BCUT2D eigenvalue weighted by Crippen LogP contribution is -2.24. The molecular formula is C19H21N5O. The van der Waals surface area contributed by atoms with Crippen molar-refractivity contribution in [3.05, 3.63) is 60.7 Å². The van der Waals surface area contributed by atoms with Gasteiger partial charge in [0.2, 0.25) is 0 Å². The van der Waals surface area contributed by atoms with Gasteiger partial charge >= 0.3 is 0 Å². The van der Waals surface area contributed by atoms with E-state index in [2.05, 4.69) is 20.6 Å². The second-order valence-electron chi connectivity index (χ2n) is 5.41. The molecule has 0 atom stereocenters. The number of guanidine groups is 1. The third kappa shape index (κ3) is 4.38. The molecule has 6 nitrogen and oxygen atoms in total. The topological polar surface area (TPSA) is 84.6 Å². The van der Waals surface area contributed by atoms with Crippen LogP contribution >= 0.6 is 0 Å². The third-order valence-electron chi connectivity index (χ3n) is 3.67. The van der Waals surface area contributed by atoms with E-state index in [1.165, 1.54) is 0 Å². The van der Waals surface area contributed by atoms with Gasteiger partial charge in [0.15, 0.2) is 5.96 Å². The minimum atomic E-state index is 0.345. The molecule has 2 aromatic carbocycles. The molecule has 0 aliphatic heterocycles. The molecule has 0 radical (unpaired) electrons. The van der Waals surface area contributed by atoms with E-state index in [1.807, 2.05) is 60.7 Å². The quantitative estimate of drug-likeness (QED) is 0.366. The van der Waals surface area contributed by atoms with Crippen LogP contribution in [0.15, 0.2) is 65.7 Å². The van der Waals surface area contributed by atoms with Crippen LogP contribution in [0.5, 0.6) is 5.75 Å². The first kappa shape index (κ1) is 16.6. The van der Waals surface area contributed by atoms with Crippen molar-refractivity contribution >= 4 is 28.4 Å². The van der Waals surface area contributed by atoms with Crippen molar-refractivity contribution in [2.24, 2.45) is 10.7 Å². The van der Waals surface area contributed by atoms with Gasteiger partial charge in [0.1, 0.15) is 11.6 Å². The van der Waals surface area contributed by atoms with Crippen LogP contribution in [0.25, 0.3) is 10.9 Å². The second kappa shape index (κ2) is 8.01. The summed E-state index contributed by atoms with van der Waals surface area (Å²) in [6, 6.07) is 19.6. The molecule has 0 fully saturated rings. The Hall–Kier alpha value is -3.28. The summed E-state index contributed by atoms with van der Waals surface area (Å²) in [7, 11) is 1.62. The first-order valence-corrected chi connectivity index (χ1v) is 8.06. The molecule has 0 saturated carbocycles. The van der Waals surface area contributed by atoms with Crippen molar-refractivity contribution in [3.8, 4) is 5.75 Å². The van der Waals surface area contributed by atoms with Crippen LogP contribution in [-0.4, -0.2) is 31.1 Å². The highest BCUT2D eigenvalue weighted by Gasteiger charge is 2.02. The minimum Gasteiger partial charge on any atom is -0.495 e. The Morgan fingerprint density at radius 1 is 1.08 bits per heavy atom. The van der Waals surface area contributed by atoms with Crippen molar-refractivity contribution in [2.75, 3.05) is 30.8 Å². The van der Waals surface area contributed by atoms with Crippen LogP contribution in [-0.2, 0) is 0 Å². The van der Waals surface area contributed by atoms with Crippen molar-refractivity contribution in [2.45, 2.75) is 0 Å². The van der Waals surface area contributed by atoms with Gasteiger partial charge in [0.05, 0.1) is 24.9 Å². The van der Waals surface area contributed by atoms with E-state index in [9.17, 15) is 0 Å². The lowest BCUT2D eigenvalue weighted by atomic mass is 10.2. The monoisotopic (exact) mass is 335 g/mol. The fourth-order valence-corrected chi connectivity index (χ4v) is 2.45. The van der Waals surface area contributed by atoms with Gasteiger partial charge in [-0.2, -0.15) is 0 Å². The van der Waals surface area contributed by atoms with E-state index >= 15 is 0 Å². The van der Waals surface area contributed by atoms with Crippen molar-refractivity contribution < 1.29 is 4.74 Å². The van der Waals surface area contributed by atoms with E-state index in [0.717, 1.165) is 28.2 Å². The molecule has 0 unspecified atom stereocenters. The number of ether oxygens (including phenoxy) is 1. The van der Waals surface area contributed by atoms with Gasteiger partial charge in [-0.25, -0.2) is 4.98 Å². The van der Waals surface area contributed by atoms with Crippen LogP contribution in [0, 0.1) is 0 Å². The largest absolute Gasteiger partial charge is 0.495 e. The Balaban J connectivity index is 1.53. The molecule has 1 aromatic heterocycles. The maximum Gasteiger partial charge on any atom is 0.193 e. The average Bonchev–Trinajstić information content (AvgIpc) is 2.65. The summed E-state index contributed by atoms with van der Waals surface area (Å²) in [5.41, 5.74) is 7.68. The predicted octanol–water partition coefficient (Wildman–Crippen LogP) is 3.08. The van der Waals surface area contributed by atoms with E-state index in [0.29, 0.717) is 19.0 Å². The number of aliphatic imine (C=N–C) groups is 1. The average molecular weight is 335 g/mol. The number of pyridine rings is 1. The molecular weight excluding hydrogens is 314 g/mol. The smallest absolute Gasteiger partial charge is 0.193 e. The molecule has 128 valence electrons. The second-order valence-corrected chi connectivity index (χ2v) is 5.41. The number of anilines is 2. The van der Waals surface area contributed by atoms with Crippen molar-refractivity contribution in [3.63, 3.8) is 0 Å². The van der Waals surface area contributed by atoms with Gasteiger partial charge in [-0.3, -0.25) is 4.99 Å². The molecule has 25 heavy (non-hydrogen) atoms. The van der Waals surface area contributed by atoms with E-state index in [1.54, 1.807) is 7.11 Å². The number of methoxy groups -OCH3 is 1. The standard InChI is InChI=1S/C19H21N5O/c1-25-17-9-5-4-8-16(17)24-19(20)22-13-12-21-18-11-10-14-6-2-3-7-15(14)23-18/h2-11H,12-13H2,1H3,(H,21,23)(H3,20,22,24). The summed E-state index contributed by atoms with van der Waals surface area (Å²) in [5, 5.41) is 7.42. The Morgan fingerprint density at radius 2 is 1.88 bits per heavy atom. The molecule has 6 heteroatoms. The molecule has 3 aromatic rings. The molecule has 0 aliphatic rings. The van der Waals surface area contributed by atoms with E-state index in [4.69, 9.17) is 10.5 Å². The lowest BCUT2D eigenvalue weighted by Gasteiger charge is -2.10. The number of nitrogens with two attached hydrogens (primary N) is 1. The maximum absolute atomic E-state index is 5.92. The summed E-state index contributed by atoms with van der Waals surface area (Å²) in [5.74, 6) is 1.89. The summed E-state index contributed by atoms with van der Waals surface area (Å²) in [4.78, 5) is 8.87. The van der Waals surface area contributed by atoms with Crippen molar-refractivity contribution in [1.29, 1.82) is 0 Å². The first-order chi connectivity index (χ1) is 12.3. The number of hydrogen-bond acceptors (Lipinski definition) is 4. The Labute approximate surface area is 146 Å². The number of fused-ring (bicyclic) bond motifs is 1. The van der Waals surface area contributed by atoms with Crippen LogP contribution < -0.4 is 21.1 Å². The Bertz CT molecular complexity index is 878. The summed E-state index contributed by atoms with van der Waals surface area (Å²) >= 11 is 0. The van der Waals surface area contributed by atoms with Gasteiger partial charge in [-0.15, -0.1) is 0 Å². The number of rotatable bonds is 6. The number of para-hydroxylation sites is 3.